The fourth-order valence-electron chi connectivity index (χ4n) is 4.01. The highest BCUT2D eigenvalue weighted by Gasteiger charge is 2.45. The first kappa shape index (κ1) is 21.2. The summed E-state index contributed by atoms with van der Waals surface area (Å²) >= 11 is 1.46. The number of anilines is 1. The van der Waals surface area contributed by atoms with Crippen molar-refractivity contribution >= 4 is 28.3 Å². The molecule has 2 amide bonds. The van der Waals surface area contributed by atoms with Crippen molar-refractivity contribution in [3.05, 3.63) is 71.1 Å². The van der Waals surface area contributed by atoms with Gasteiger partial charge >= 0.3 is 0 Å². The second-order valence-electron chi connectivity index (χ2n) is 8.08. The normalized spacial score (nSPS) is 14.5. The van der Waals surface area contributed by atoms with Gasteiger partial charge in [-0.05, 0) is 36.8 Å². The summed E-state index contributed by atoms with van der Waals surface area (Å²) in [6.07, 6.45) is 4.66. The fraction of sp³-hybridized carbons (Fsp3) is 0.320. The molecule has 0 aliphatic heterocycles. The Morgan fingerprint density at radius 3 is 2.45 bits per heavy atom. The van der Waals surface area contributed by atoms with E-state index < -0.39 is 5.41 Å². The van der Waals surface area contributed by atoms with E-state index in [0.717, 1.165) is 48.9 Å². The van der Waals surface area contributed by atoms with Gasteiger partial charge in [-0.25, -0.2) is 4.98 Å². The number of nitrogens with one attached hydrogen (secondary N) is 2. The summed E-state index contributed by atoms with van der Waals surface area (Å²) in [5, 5.41) is 8.50. The molecule has 2 aromatic carbocycles. The van der Waals surface area contributed by atoms with Gasteiger partial charge in [0, 0.05) is 24.4 Å². The predicted octanol–water partition coefficient (Wildman–Crippen LogP) is 4.94. The number of benzene rings is 2. The van der Waals surface area contributed by atoms with Crippen molar-refractivity contribution in [1.29, 1.82) is 0 Å². The number of thiazole rings is 1. The average Bonchev–Trinajstić information content (AvgIpc) is 3.20. The molecule has 31 heavy (non-hydrogen) atoms. The van der Waals surface area contributed by atoms with Crippen molar-refractivity contribution < 1.29 is 9.59 Å². The highest BCUT2D eigenvalue weighted by Crippen LogP contribution is 2.44. The fourth-order valence-corrected chi connectivity index (χ4v) is 4.73. The van der Waals surface area contributed by atoms with Crippen LogP contribution in [0.5, 0.6) is 0 Å². The molecule has 4 rings (SSSR count). The highest BCUT2D eigenvalue weighted by atomic mass is 32.1. The molecule has 0 unspecified atom stereocenters. The van der Waals surface area contributed by atoms with Crippen LogP contribution in [0.25, 0.3) is 11.3 Å². The maximum Gasteiger partial charge on any atom is 0.236 e. The second kappa shape index (κ2) is 9.43. The maximum atomic E-state index is 13.1. The number of amides is 2. The van der Waals surface area contributed by atoms with Gasteiger partial charge in [-0.15, -0.1) is 11.3 Å². The van der Waals surface area contributed by atoms with E-state index in [2.05, 4.69) is 39.9 Å². The third-order valence-corrected chi connectivity index (χ3v) is 6.72. The van der Waals surface area contributed by atoms with E-state index in [1.807, 2.05) is 35.7 Å². The number of hydrogen-bond donors (Lipinski definition) is 2. The van der Waals surface area contributed by atoms with E-state index in [9.17, 15) is 9.59 Å². The molecule has 6 heteroatoms. The Bertz CT molecular complexity index is 1040. The molecule has 0 spiro atoms. The van der Waals surface area contributed by atoms with E-state index >= 15 is 0 Å². The lowest BCUT2D eigenvalue weighted by Crippen LogP contribution is -2.45. The van der Waals surface area contributed by atoms with E-state index in [-0.39, 0.29) is 11.8 Å². The Balaban J connectivity index is 1.38. The van der Waals surface area contributed by atoms with Crippen LogP contribution in [-0.2, 0) is 21.4 Å². The lowest BCUT2D eigenvalue weighted by atomic mass is 9.64. The molecule has 1 saturated carbocycles. The highest BCUT2D eigenvalue weighted by molar-refractivity contribution is 7.14. The van der Waals surface area contributed by atoms with Crippen molar-refractivity contribution in [2.75, 3.05) is 11.9 Å². The van der Waals surface area contributed by atoms with Gasteiger partial charge in [0.05, 0.1) is 11.1 Å². The Labute approximate surface area is 186 Å². The van der Waals surface area contributed by atoms with Crippen molar-refractivity contribution in [2.24, 2.45) is 0 Å². The average molecular weight is 434 g/mol. The van der Waals surface area contributed by atoms with Crippen LogP contribution in [0.15, 0.2) is 60.0 Å². The lowest BCUT2D eigenvalue weighted by Gasteiger charge is -2.40. The summed E-state index contributed by atoms with van der Waals surface area (Å²) in [6.45, 7) is 2.23. The third-order valence-electron chi connectivity index (χ3n) is 5.96. The van der Waals surface area contributed by atoms with Crippen LogP contribution in [0.4, 0.5) is 5.13 Å². The predicted molar refractivity (Wildman–Crippen MR) is 125 cm³/mol. The van der Waals surface area contributed by atoms with Crippen molar-refractivity contribution in [2.45, 2.75) is 44.4 Å². The number of hydrogen-bond acceptors (Lipinski definition) is 4. The molecule has 1 aliphatic rings. The van der Waals surface area contributed by atoms with Gasteiger partial charge in [0.15, 0.2) is 5.13 Å². The zero-order chi connectivity index (χ0) is 21.7. The SMILES string of the molecule is CC(=O)NCCCc1ccc(-c2csc(NC(=O)C3(c4ccccc4)CCC3)n2)cc1. The summed E-state index contributed by atoms with van der Waals surface area (Å²) in [7, 11) is 0. The van der Waals surface area contributed by atoms with E-state index in [1.165, 1.54) is 23.8 Å². The first-order chi connectivity index (χ1) is 15.1. The summed E-state index contributed by atoms with van der Waals surface area (Å²) in [4.78, 5) is 28.7. The summed E-state index contributed by atoms with van der Waals surface area (Å²) in [6, 6.07) is 18.4. The monoisotopic (exact) mass is 433 g/mol. The largest absolute Gasteiger partial charge is 0.356 e. The van der Waals surface area contributed by atoms with Gasteiger partial charge in [-0.2, -0.15) is 0 Å². The molecule has 1 fully saturated rings. The summed E-state index contributed by atoms with van der Waals surface area (Å²) < 4.78 is 0. The number of carbonyl (C=O) groups excluding carboxylic acids is 2. The van der Waals surface area contributed by atoms with Crippen molar-refractivity contribution in [3.8, 4) is 11.3 Å². The van der Waals surface area contributed by atoms with Gasteiger partial charge in [0.1, 0.15) is 0 Å². The Morgan fingerprint density at radius 1 is 1.06 bits per heavy atom. The smallest absolute Gasteiger partial charge is 0.236 e. The first-order valence-corrected chi connectivity index (χ1v) is 11.6. The Kier molecular flexibility index (Phi) is 6.47. The molecule has 2 N–H and O–H groups in total. The van der Waals surface area contributed by atoms with Gasteiger partial charge in [-0.1, -0.05) is 61.0 Å². The molecular formula is C25H27N3O2S. The topological polar surface area (TPSA) is 71.1 Å². The molecule has 0 atom stereocenters. The van der Waals surface area contributed by atoms with Crippen LogP contribution in [0.3, 0.4) is 0 Å². The molecule has 160 valence electrons. The minimum atomic E-state index is -0.425. The molecular weight excluding hydrogens is 406 g/mol. The molecule has 0 radical (unpaired) electrons. The molecule has 0 bridgehead atoms. The lowest BCUT2D eigenvalue weighted by molar-refractivity contribution is -0.124. The number of rotatable bonds is 8. The van der Waals surface area contributed by atoms with E-state index in [1.54, 1.807) is 0 Å². The second-order valence-corrected chi connectivity index (χ2v) is 8.94. The Hall–Kier alpha value is -2.99. The zero-order valence-electron chi connectivity index (χ0n) is 17.7. The molecule has 5 nitrogen and oxygen atoms in total. The molecule has 1 aromatic heterocycles. The minimum absolute atomic E-state index is 0.00812. The number of nitrogens with zero attached hydrogens (tertiary/aromatic N) is 1. The van der Waals surface area contributed by atoms with Gasteiger partial charge in [-0.3, -0.25) is 9.59 Å². The van der Waals surface area contributed by atoms with Crippen LogP contribution < -0.4 is 10.6 Å². The molecule has 3 aromatic rings. The van der Waals surface area contributed by atoms with Crippen LogP contribution in [-0.4, -0.2) is 23.3 Å². The van der Waals surface area contributed by atoms with Crippen LogP contribution in [0, 0.1) is 0 Å². The van der Waals surface area contributed by atoms with Crippen LogP contribution in [0.1, 0.15) is 43.7 Å². The number of aromatic nitrogens is 1. The third kappa shape index (κ3) is 4.85. The first-order valence-electron chi connectivity index (χ1n) is 10.7. The quantitative estimate of drug-likeness (QED) is 0.494. The van der Waals surface area contributed by atoms with E-state index in [4.69, 9.17) is 0 Å². The van der Waals surface area contributed by atoms with Crippen molar-refractivity contribution in [3.63, 3.8) is 0 Å². The maximum absolute atomic E-state index is 13.1. The van der Waals surface area contributed by atoms with Crippen LogP contribution >= 0.6 is 11.3 Å². The van der Waals surface area contributed by atoms with E-state index in [0.29, 0.717) is 11.7 Å². The zero-order valence-corrected chi connectivity index (χ0v) is 18.5. The summed E-state index contributed by atoms with van der Waals surface area (Å²) in [5.74, 6) is 0.0501. The summed E-state index contributed by atoms with van der Waals surface area (Å²) in [5.41, 5.74) is 3.79. The molecule has 1 aliphatic carbocycles. The number of aryl methyl sites for hydroxylation is 1. The number of carbonyl (C=O) groups is 2. The van der Waals surface area contributed by atoms with Gasteiger partial charge in [0.25, 0.3) is 0 Å². The minimum Gasteiger partial charge on any atom is -0.356 e. The Morgan fingerprint density at radius 2 is 1.81 bits per heavy atom. The molecule has 0 saturated heterocycles. The molecule has 1 heterocycles. The van der Waals surface area contributed by atoms with Crippen LogP contribution in [0.2, 0.25) is 0 Å². The van der Waals surface area contributed by atoms with Gasteiger partial charge < -0.3 is 10.6 Å². The standard InChI is InChI=1S/C25H27N3O2S/c1-18(29)26-16-5-7-19-10-12-20(13-11-19)22-17-31-24(27-22)28-23(30)25(14-6-15-25)21-8-3-2-4-9-21/h2-4,8-13,17H,5-7,14-16H2,1H3,(H,26,29)(H,27,28,30). The van der Waals surface area contributed by atoms with Crippen molar-refractivity contribution in [1.82, 2.24) is 10.3 Å². The van der Waals surface area contributed by atoms with Gasteiger partial charge in [0.2, 0.25) is 11.8 Å².